The molecule has 0 aliphatic carbocycles. The zero-order valence-corrected chi connectivity index (χ0v) is 20.2. The number of esters is 2. The van der Waals surface area contributed by atoms with Crippen molar-refractivity contribution in [3.05, 3.63) is 70.8 Å². The van der Waals surface area contributed by atoms with Crippen LogP contribution < -0.4 is 0 Å². The number of ether oxygens (including phenoxy) is 2. The fourth-order valence-electron chi connectivity index (χ4n) is 3.83. The van der Waals surface area contributed by atoms with Gasteiger partial charge in [0.05, 0.1) is 11.1 Å². The Morgan fingerprint density at radius 3 is 1.28 bits per heavy atom. The molecule has 0 aromatic heterocycles. The van der Waals surface area contributed by atoms with Gasteiger partial charge in [-0.15, -0.1) is 0 Å². The molecule has 0 aliphatic heterocycles. The summed E-state index contributed by atoms with van der Waals surface area (Å²) in [6.45, 7) is 10.3. The number of hydrogen-bond donors (Lipinski definition) is 0. The minimum absolute atomic E-state index is 0.104. The molecule has 2 aromatic rings. The van der Waals surface area contributed by atoms with Crippen molar-refractivity contribution in [2.45, 2.75) is 85.4 Å². The largest absolute Gasteiger partial charge is 0.458 e. The van der Waals surface area contributed by atoms with E-state index in [1.54, 1.807) is 0 Å². The number of carbonyl (C=O) groups excluding carboxylic acids is 2. The highest BCUT2D eigenvalue weighted by Crippen LogP contribution is 2.25. The van der Waals surface area contributed by atoms with Crippen LogP contribution in [0.3, 0.4) is 0 Å². The molecule has 2 rings (SSSR count). The maximum absolute atomic E-state index is 12.8. The molecule has 0 spiro atoms. The maximum atomic E-state index is 12.8. The first-order valence-corrected chi connectivity index (χ1v) is 12.0. The molecule has 0 aliphatic rings. The van der Waals surface area contributed by atoms with Gasteiger partial charge in [-0.05, 0) is 61.1 Å². The number of aryl methyl sites for hydroxylation is 2. The van der Waals surface area contributed by atoms with E-state index >= 15 is 0 Å². The van der Waals surface area contributed by atoms with Crippen LogP contribution in [0.25, 0.3) is 0 Å². The summed E-state index contributed by atoms with van der Waals surface area (Å²) in [4.78, 5) is 25.6. The first-order valence-electron chi connectivity index (χ1n) is 12.0. The van der Waals surface area contributed by atoms with Gasteiger partial charge in [-0.1, -0.05) is 71.7 Å². The Hall–Kier alpha value is -2.62. The van der Waals surface area contributed by atoms with Crippen molar-refractivity contribution in [1.29, 1.82) is 0 Å². The van der Waals surface area contributed by atoms with Gasteiger partial charge >= 0.3 is 11.9 Å². The Kier molecular flexibility index (Phi) is 10.5. The third kappa shape index (κ3) is 7.22. The Morgan fingerprint density at radius 2 is 1.00 bits per heavy atom. The lowest BCUT2D eigenvalue weighted by molar-refractivity contribution is -0.0328. The van der Waals surface area contributed by atoms with Crippen LogP contribution in [0, 0.1) is 5.92 Å². The summed E-state index contributed by atoms with van der Waals surface area (Å²) in [5.41, 5.74) is 3.47. The summed E-state index contributed by atoms with van der Waals surface area (Å²) in [6.07, 6.45) is 4.43. The smallest absolute Gasteiger partial charge is 0.338 e. The van der Waals surface area contributed by atoms with Gasteiger partial charge in [0.2, 0.25) is 0 Å². The number of benzene rings is 2. The molecule has 0 bridgehead atoms. The van der Waals surface area contributed by atoms with Crippen LogP contribution in [0.15, 0.2) is 48.5 Å². The highest BCUT2D eigenvalue weighted by atomic mass is 16.6. The lowest BCUT2D eigenvalue weighted by atomic mass is 9.91. The molecule has 2 unspecified atom stereocenters. The van der Waals surface area contributed by atoms with Crippen molar-refractivity contribution in [1.82, 2.24) is 0 Å². The second-order valence-corrected chi connectivity index (χ2v) is 8.42. The van der Waals surface area contributed by atoms with Crippen LogP contribution in [0.1, 0.15) is 92.1 Å². The van der Waals surface area contributed by atoms with Crippen LogP contribution >= 0.6 is 0 Å². The molecule has 2 aromatic carbocycles. The average Bonchev–Trinajstić information content (AvgIpc) is 2.83. The molecule has 174 valence electrons. The number of carbonyl (C=O) groups is 2. The Balaban J connectivity index is 2.11. The SMILES string of the molecule is CCCC(OC(=O)c1ccc(CC)cc1)C(C)C(CCC)OC(=O)c1ccc(CC)cc1. The molecule has 0 fully saturated rings. The molecule has 0 amide bonds. The van der Waals surface area contributed by atoms with Crippen molar-refractivity contribution in [2.24, 2.45) is 5.92 Å². The van der Waals surface area contributed by atoms with Gasteiger partial charge in [-0.2, -0.15) is 0 Å². The van der Waals surface area contributed by atoms with E-state index in [2.05, 4.69) is 27.7 Å². The van der Waals surface area contributed by atoms with E-state index in [4.69, 9.17) is 9.47 Å². The van der Waals surface area contributed by atoms with Crippen molar-refractivity contribution in [3.63, 3.8) is 0 Å². The topological polar surface area (TPSA) is 52.6 Å². The van der Waals surface area contributed by atoms with Gasteiger partial charge in [-0.25, -0.2) is 9.59 Å². The molecule has 32 heavy (non-hydrogen) atoms. The summed E-state index contributed by atoms with van der Waals surface area (Å²) >= 11 is 0. The van der Waals surface area contributed by atoms with Crippen LogP contribution in [0.4, 0.5) is 0 Å². The van der Waals surface area contributed by atoms with Gasteiger partial charge in [0.1, 0.15) is 12.2 Å². The third-order valence-electron chi connectivity index (χ3n) is 6.03. The van der Waals surface area contributed by atoms with Gasteiger partial charge in [0.15, 0.2) is 0 Å². The van der Waals surface area contributed by atoms with Crippen molar-refractivity contribution >= 4 is 11.9 Å². The fraction of sp³-hybridized carbons (Fsp3) is 0.500. The number of rotatable bonds is 12. The first kappa shape index (κ1) is 25.6. The zero-order valence-electron chi connectivity index (χ0n) is 20.2. The van der Waals surface area contributed by atoms with E-state index in [1.165, 1.54) is 11.1 Å². The normalized spacial score (nSPS) is 13.8. The average molecular weight is 439 g/mol. The lowest BCUT2D eigenvalue weighted by Crippen LogP contribution is -2.36. The van der Waals surface area contributed by atoms with Gasteiger partial charge in [-0.3, -0.25) is 0 Å². The lowest BCUT2D eigenvalue weighted by Gasteiger charge is -2.30. The van der Waals surface area contributed by atoms with E-state index in [9.17, 15) is 9.59 Å². The van der Waals surface area contributed by atoms with Crippen LogP contribution in [-0.4, -0.2) is 24.1 Å². The van der Waals surface area contributed by atoms with Gasteiger partial charge in [0, 0.05) is 5.92 Å². The minimum atomic E-state index is -0.324. The standard InChI is InChI=1S/C28H38O4/c1-6-10-25(31-27(29)23-16-12-21(8-3)13-17-23)20(5)26(11-7-2)32-28(30)24-18-14-22(9-4)15-19-24/h12-20,25-26H,6-11H2,1-5H3. The van der Waals surface area contributed by atoms with Gasteiger partial charge < -0.3 is 9.47 Å². The van der Waals surface area contributed by atoms with Crippen molar-refractivity contribution in [3.8, 4) is 0 Å². The van der Waals surface area contributed by atoms with E-state index in [1.807, 2.05) is 55.5 Å². The Labute approximate surface area is 193 Å². The Bertz CT molecular complexity index is 767. The van der Waals surface area contributed by atoms with Crippen molar-refractivity contribution in [2.75, 3.05) is 0 Å². The molecule has 0 radical (unpaired) electrons. The zero-order chi connectivity index (χ0) is 23.5. The monoisotopic (exact) mass is 438 g/mol. The molecule has 0 N–H and O–H groups in total. The van der Waals surface area contributed by atoms with Crippen LogP contribution in [0.5, 0.6) is 0 Å². The quantitative estimate of drug-likeness (QED) is 0.342. The molecule has 4 nitrogen and oxygen atoms in total. The van der Waals surface area contributed by atoms with Crippen molar-refractivity contribution < 1.29 is 19.1 Å². The van der Waals surface area contributed by atoms with E-state index in [0.29, 0.717) is 11.1 Å². The highest BCUT2D eigenvalue weighted by Gasteiger charge is 2.31. The summed E-state index contributed by atoms with van der Waals surface area (Å²) in [5, 5.41) is 0. The summed E-state index contributed by atoms with van der Waals surface area (Å²) in [7, 11) is 0. The molecule has 0 heterocycles. The molecule has 4 heteroatoms. The molecule has 0 saturated carbocycles. The molecule has 0 saturated heterocycles. The molecular formula is C28H38O4. The van der Waals surface area contributed by atoms with E-state index in [0.717, 1.165) is 38.5 Å². The predicted molar refractivity (Wildman–Crippen MR) is 129 cm³/mol. The third-order valence-corrected chi connectivity index (χ3v) is 6.03. The number of hydrogen-bond acceptors (Lipinski definition) is 4. The summed E-state index contributed by atoms with van der Waals surface area (Å²) < 4.78 is 11.9. The van der Waals surface area contributed by atoms with E-state index < -0.39 is 0 Å². The second kappa shape index (κ2) is 13.0. The fourth-order valence-corrected chi connectivity index (χ4v) is 3.83. The molecular weight excluding hydrogens is 400 g/mol. The maximum Gasteiger partial charge on any atom is 0.338 e. The first-order chi connectivity index (χ1) is 15.4. The van der Waals surface area contributed by atoms with Crippen LogP contribution in [0.2, 0.25) is 0 Å². The summed E-state index contributed by atoms with van der Waals surface area (Å²) in [6, 6.07) is 15.1. The minimum Gasteiger partial charge on any atom is -0.458 e. The summed E-state index contributed by atoms with van der Waals surface area (Å²) in [5.74, 6) is -0.753. The highest BCUT2D eigenvalue weighted by molar-refractivity contribution is 5.90. The molecule has 2 atom stereocenters. The van der Waals surface area contributed by atoms with Gasteiger partial charge in [0.25, 0.3) is 0 Å². The Morgan fingerprint density at radius 1 is 0.656 bits per heavy atom. The van der Waals surface area contributed by atoms with Crippen LogP contribution in [-0.2, 0) is 22.3 Å². The second-order valence-electron chi connectivity index (χ2n) is 8.42. The van der Waals surface area contributed by atoms with E-state index in [-0.39, 0.29) is 30.1 Å². The predicted octanol–water partition coefficient (Wildman–Crippen LogP) is 6.80.